The number of para-hydroxylation sites is 1. The monoisotopic (exact) mass is 283 g/mol. The highest BCUT2D eigenvalue weighted by molar-refractivity contribution is 5.36. The molecule has 1 fully saturated rings. The van der Waals surface area contributed by atoms with E-state index in [1.807, 2.05) is 12.1 Å². The molecule has 0 saturated heterocycles. The van der Waals surface area contributed by atoms with Gasteiger partial charge in [-0.05, 0) is 30.9 Å². The number of nitrogens with zero attached hydrogens (tertiary/aromatic N) is 2. The van der Waals surface area contributed by atoms with Crippen LogP contribution in [0.25, 0.3) is 0 Å². The van der Waals surface area contributed by atoms with Gasteiger partial charge in [-0.25, -0.2) is 4.98 Å². The number of rotatable bonds is 2. The molecule has 1 N–H and O–H groups in total. The molecule has 4 nitrogen and oxygen atoms in total. The van der Waals surface area contributed by atoms with Crippen LogP contribution in [0.3, 0.4) is 0 Å². The summed E-state index contributed by atoms with van der Waals surface area (Å²) in [6.07, 6.45) is 7.47. The SMILES string of the molecule is c1ccc2c(c1)CC(c1n[nH]c(C3CCCCC3)n1)CO2. The van der Waals surface area contributed by atoms with E-state index in [4.69, 9.17) is 9.72 Å². The van der Waals surface area contributed by atoms with Crippen molar-refractivity contribution in [3.63, 3.8) is 0 Å². The van der Waals surface area contributed by atoms with E-state index >= 15 is 0 Å². The average Bonchev–Trinajstić information content (AvgIpc) is 3.05. The third-order valence-corrected chi connectivity index (χ3v) is 4.76. The largest absolute Gasteiger partial charge is 0.493 e. The molecule has 110 valence electrons. The van der Waals surface area contributed by atoms with Gasteiger partial charge in [0.2, 0.25) is 0 Å². The van der Waals surface area contributed by atoms with Crippen molar-refractivity contribution in [1.82, 2.24) is 15.2 Å². The number of fused-ring (bicyclic) bond motifs is 1. The number of nitrogens with one attached hydrogen (secondary N) is 1. The quantitative estimate of drug-likeness (QED) is 0.916. The van der Waals surface area contributed by atoms with Crippen molar-refractivity contribution in [2.45, 2.75) is 50.4 Å². The van der Waals surface area contributed by atoms with E-state index in [1.54, 1.807) is 0 Å². The zero-order valence-electron chi connectivity index (χ0n) is 12.2. The first-order valence-corrected chi connectivity index (χ1v) is 8.03. The van der Waals surface area contributed by atoms with Crippen LogP contribution in [0.5, 0.6) is 5.75 Å². The highest BCUT2D eigenvalue weighted by Crippen LogP contribution is 2.33. The predicted molar refractivity (Wildman–Crippen MR) is 80.6 cm³/mol. The molecular formula is C17H21N3O. The molecule has 0 bridgehead atoms. The summed E-state index contributed by atoms with van der Waals surface area (Å²) in [5.41, 5.74) is 1.26. The number of benzene rings is 1. The second-order valence-corrected chi connectivity index (χ2v) is 6.23. The van der Waals surface area contributed by atoms with Gasteiger partial charge in [-0.3, -0.25) is 5.10 Å². The molecule has 2 heterocycles. The van der Waals surface area contributed by atoms with Gasteiger partial charge >= 0.3 is 0 Å². The summed E-state index contributed by atoms with van der Waals surface area (Å²) in [5, 5.41) is 7.65. The molecule has 1 aliphatic carbocycles. The Morgan fingerprint density at radius 2 is 1.90 bits per heavy atom. The number of hydrogen-bond acceptors (Lipinski definition) is 3. The molecule has 2 aromatic rings. The van der Waals surface area contributed by atoms with Crippen LogP contribution < -0.4 is 4.74 Å². The van der Waals surface area contributed by atoms with Gasteiger partial charge in [-0.15, -0.1) is 0 Å². The normalized spacial score (nSPS) is 22.6. The first-order chi connectivity index (χ1) is 10.4. The smallest absolute Gasteiger partial charge is 0.157 e. The van der Waals surface area contributed by atoms with Gasteiger partial charge in [-0.2, -0.15) is 5.10 Å². The maximum atomic E-state index is 5.85. The van der Waals surface area contributed by atoms with Crippen molar-refractivity contribution >= 4 is 0 Å². The highest BCUT2D eigenvalue weighted by Gasteiger charge is 2.26. The second kappa shape index (κ2) is 5.51. The second-order valence-electron chi connectivity index (χ2n) is 6.23. The Bertz CT molecular complexity index is 616. The predicted octanol–water partition coefficient (Wildman–Crippen LogP) is 3.57. The molecule has 0 radical (unpaired) electrons. The molecule has 0 amide bonds. The van der Waals surface area contributed by atoms with Gasteiger partial charge in [0.05, 0.1) is 12.5 Å². The number of ether oxygens (including phenoxy) is 1. The van der Waals surface area contributed by atoms with Gasteiger partial charge in [0.1, 0.15) is 11.6 Å². The Balaban J connectivity index is 1.51. The zero-order chi connectivity index (χ0) is 14.1. The van der Waals surface area contributed by atoms with Crippen LogP contribution in [0.2, 0.25) is 0 Å². The Labute approximate surface area is 124 Å². The van der Waals surface area contributed by atoms with E-state index in [0.29, 0.717) is 12.5 Å². The fourth-order valence-electron chi connectivity index (χ4n) is 3.52. The number of H-pyrrole nitrogens is 1. The van der Waals surface area contributed by atoms with E-state index in [2.05, 4.69) is 22.3 Å². The van der Waals surface area contributed by atoms with Crippen LogP contribution in [0, 0.1) is 0 Å². The Hall–Kier alpha value is -1.84. The van der Waals surface area contributed by atoms with E-state index in [1.165, 1.54) is 37.7 Å². The van der Waals surface area contributed by atoms with Crippen LogP contribution >= 0.6 is 0 Å². The molecule has 21 heavy (non-hydrogen) atoms. The van der Waals surface area contributed by atoms with Gasteiger partial charge in [0.25, 0.3) is 0 Å². The fourth-order valence-corrected chi connectivity index (χ4v) is 3.52. The maximum absolute atomic E-state index is 5.85. The lowest BCUT2D eigenvalue weighted by Crippen LogP contribution is -2.20. The van der Waals surface area contributed by atoms with E-state index in [-0.39, 0.29) is 5.92 Å². The van der Waals surface area contributed by atoms with E-state index in [0.717, 1.165) is 23.8 Å². The summed E-state index contributed by atoms with van der Waals surface area (Å²) in [4.78, 5) is 4.78. The summed E-state index contributed by atoms with van der Waals surface area (Å²) in [7, 11) is 0. The number of aromatic amines is 1. The van der Waals surface area contributed by atoms with Gasteiger partial charge in [-0.1, -0.05) is 37.5 Å². The maximum Gasteiger partial charge on any atom is 0.157 e. The first kappa shape index (κ1) is 12.9. The first-order valence-electron chi connectivity index (χ1n) is 8.03. The lowest BCUT2D eigenvalue weighted by molar-refractivity contribution is 0.258. The zero-order valence-corrected chi connectivity index (χ0v) is 12.2. The van der Waals surface area contributed by atoms with Crippen molar-refractivity contribution < 1.29 is 4.74 Å². The Kier molecular flexibility index (Phi) is 3.37. The highest BCUT2D eigenvalue weighted by atomic mass is 16.5. The topological polar surface area (TPSA) is 50.8 Å². The summed E-state index contributed by atoms with van der Waals surface area (Å²) < 4.78 is 5.85. The Morgan fingerprint density at radius 3 is 2.81 bits per heavy atom. The number of aromatic nitrogens is 3. The van der Waals surface area contributed by atoms with Crippen LogP contribution in [-0.2, 0) is 6.42 Å². The van der Waals surface area contributed by atoms with Crippen LogP contribution in [-0.4, -0.2) is 21.8 Å². The summed E-state index contributed by atoms with van der Waals surface area (Å²) in [6, 6.07) is 8.26. The summed E-state index contributed by atoms with van der Waals surface area (Å²) in [5.74, 6) is 3.87. The molecule has 4 heteroatoms. The molecule has 1 aromatic carbocycles. The van der Waals surface area contributed by atoms with Gasteiger partial charge < -0.3 is 4.74 Å². The van der Waals surface area contributed by atoms with Crippen LogP contribution in [0.4, 0.5) is 0 Å². The minimum Gasteiger partial charge on any atom is -0.493 e. The summed E-state index contributed by atoms with van der Waals surface area (Å²) >= 11 is 0. The van der Waals surface area contributed by atoms with Crippen molar-refractivity contribution in [2.24, 2.45) is 0 Å². The van der Waals surface area contributed by atoms with Crippen molar-refractivity contribution in [2.75, 3.05) is 6.61 Å². The molecule has 0 spiro atoms. The minimum atomic E-state index is 0.272. The lowest BCUT2D eigenvalue weighted by Gasteiger charge is -2.23. The molecule has 1 aromatic heterocycles. The molecule has 1 unspecified atom stereocenters. The van der Waals surface area contributed by atoms with Gasteiger partial charge in [0.15, 0.2) is 5.82 Å². The average molecular weight is 283 g/mol. The molecule has 1 saturated carbocycles. The summed E-state index contributed by atoms with van der Waals surface area (Å²) in [6.45, 7) is 0.680. The van der Waals surface area contributed by atoms with E-state index in [9.17, 15) is 0 Å². The van der Waals surface area contributed by atoms with E-state index < -0.39 is 0 Å². The van der Waals surface area contributed by atoms with Crippen molar-refractivity contribution in [3.8, 4) is 5.75 Å². The molecule has 4 rings (SSSR count). The molecular weight excluding hydrogens is 262 g/mol. The lowest BCUT2D eigenvalue weighted by atomic mass is 9.89. The third kappa shape index (κ3) is 2.55. The van der Waals surface area contributed by atoms with Crippen LogP contribution in [0.15, 0.2) is 24.3 Å². The molecule has 2 aliphatic rings. The van der Waals surface area contributed by atoms with Gasteiger partial charge in [0, 0.05) is 5.92 Å². The molecule has 1 atom stereocenters. The van der Waals surface area contributed by atoms with Crippen molar-refractivity contribution in [3.05, 3.63) is 41.5 Å². The fraction of sp³-hybridized carbons (Fsp3) is 0.529. The minimum absolute atomic E-state index is 0.272. The van der Waals surface area contributed by atoms with Crippen molar-refractivity contribution in [1.29, 1.82) is 0 Å². The standard InChI is InChI=1S/C17H21N3O/c1-2-6-12(7-3-1)16-18-17(20-19-16)14-10-13-8-4-5-9-15(13)21-11-14/h4-5,8-9,12,14H,1-3,6-7,10-11H2,(H,18,19,20). The number of hydrogen-bond donors (Lipinski definition) is 1. The Morgan fingerprint density at radius 1 is 1.05 bits per heavy atom. The van der Waals surface area contributed by atoms with Crippen LogP contribution in [0.1, 0.15) is 61.2 Å². The molecule has 1 aliphatic heterocycles. The third-order valence-electron chi connectivity index (χ3n) is 4.76.